The van der Waals surface area contributed by atoms with Crippen LogP contribution in [0, 0.1) is 0 Å². The molecule has 0 bridgehead atoms. The maximum Gasteiger partial charge on any atom is 0.258 e. The number of benzene rings is 2. The normalized spacial score (nSPS) is 13.5. The van der Waals surface area contributed by atoms with E-state index in [9.17, 15) is 9.90 Å². The van der Waals surface area contributed by atoms with Crippen molar-refractivity contribution < 1.29 is 5.11 Å². The molecule has 0 aliphatic heterocycles. The molecule has 0 saturated heterocycles. The molecule has 0 amide bonds. The van der Waals surface area contributed by atoms with Crippen LogP contribution in [0.4, 0.5) is 5.69 Å². The lowest BCUT2D eigenvalue weighted by Crippen LogP contribution is -2.36. The number of fused-ring (bicyclic) bond motifs is 2. The SMILES string of the molecule is O=c1cc(CN(c2cccc(CO)c2)C2Cc3ccccc3C2)nc2ccc(Cl)cn12. The summed E-state index contributed by atoms with van der Waals surface area (Å²) in [6.07, 6.45) is 3.45. The monoisotopic (exact) mass is 431 g/mol. The highest BCUT2D eigenvalue weighted by Gasteiger charge is 2.27. The van der Waals surface area contributed by atoms with E-state index in [1.807, 2.05) is 18.2 Å². The quantitative estimate of drug-likeness (QED) is 0.518. The van der Waals surface area contributed by atoms with E-state index in [1.165, 1.54) is 15.5 Å². The van der Waals surface area contributed by atoms with Gasteiger partial charge in [-0.3, -0.25) is 9.20 Å². The second-order valence-electron chi connectivity index (χ2n) is 7.95. The van der Waals surface area contributed by atoms with Crippen LogP contribution in [0.2, 0.25) is 5.02 Å². The molecule has 31 heavy (non-hydrogen) atoms. The summed E-state index contributed by atoms with van der Waals surface area (Å²) in [7, 11) is 0. The average molecular weight is 432 g/mol. The molecule has 0 radical (unpaired) electrons. The van der Waals surface area contributed by atoms with Crippen molar-refractivity contribution in [3.8, 4) is 0 Å². The first kappa shape index (κ1) is 19.8. The van der Waals surface area contributed by atoms with Crippen molar-refractivity contribution >= 4 is 22.9 Å². The minimum absolute atomic E-state index is 0.0110. The fourth-order valence-corrected chi connectivity index (χ4v) is 4.56. The lowest BCUT2D eigenvalue weighted by atomic mass is 10.1. The minimum atomic E-state index is -0.152. The highest BCUT2D eigenvalue weighted by Crippen LogP contribution is 2.30. The van der Waals surface area contributed by atoms with Crippen molar-refractivity contribution in [2.45, 2.75) is 32.0 Å². The van der Waals surface area contributed by atoms with Gasteiger partial charge in [0, 0.05) is 24.0 Å². The number of aliphatic hydroxyl groups is 1. The highest BCUT2D eigenvalue weighted by molar-refractivity contribution is 6.30. The van der Waals surface area contributed by atoms with Crippen LogP contribution in [-0.4, -0.2) is 20.5 Å². The molecule has 0 saturated carbocycles. The zero-order chi connectivity index (χ0) is 21.4. The zero-order valence-electron chi connectivity index (χ0n) is 16.9. The number of hydrogen-bond donors (Lipinski definition) is 1. The number of rotatable bonds is 5. The fraction of sp³-hybridized carbons (Fsp3) is 0.200. The van der Waals surface area contributed by atoms with Gasteiger partial charge in [0.15, 0.2) is 0 Å². The van der Waals surface area contributed by atoms with Crippen molar-refractivity contribution in [1.82, 2.24) is 9.38 Å². The predicted octanol–water partition coefficient (Wildman–Crippen LogP) is 4.01. The van der Waals surface area contributed by atoms with Crippen molar-refractivity contribution in [3.05, 3.63) is 111 Å². The Kier molecular flexibility index (Phi) is 5.22. The molecule has 1 aliphatic rings. The highest BCUT2D eigenvalue weighted by atomic mass is 35.5. The predicted molar refractivity (Wildman–Crippen MR) is 123 cm³/mol. The largest absolute Gasteiger partial charge is 0.392 e. The van der Waals surface area contributed by atoms with E-state index in [4.69, 9.17) is 16.6 Å². The van der Waals surface area contributed by atoms with Crippen LogP contribution in [0.5, 0.6) is 0 Å². The number of hydrogen-bond acceptors (Lipinski definition) is 4. The van der Waals surface area contributed by atoms with E-state index in [-0.39, 0.29) is 18.2 Å². The molecule has 1 aliphatic carbocycles. The Morgan fingerprint density at radius 1 is 1.03 bits per heavy atom. The summed E-state index contributed by atoms with van der Waals surface area (Å²) in [5, 5.41) is 10.1. The van der Waals surface area contributed by atoms with Crippen molar-refractivity contribution in [2.24, 2.45) is 0 Å². The summed E-state index contributed by atoms with van der Waals surface area (Å²) in [5.41, 5.74) is 5.72. The lowest BCUT2D eigenvalue weighted by molar-refractivity contribution is 0.282. The van der Waals surface area contributed by atoms with E-state index in [1.54, 1.807) is 24.4 Å². The zero-order valence-corrected chi connectivity index (χ0v) is 17.7. The van der Waals surface area contributed by atoms with Gasteiger partial charge in [-0.15, -0.1) is 0 Å². The standard InChI is InChI=1S/C25H22ClN3O2/c26-20-8-9-24-27-21(13-25(31)29(24)14-20)15-28(22-7-3-4-17(10-22)16-30)23-11-18-5-1-2-6-19(18)12-23/h1-10,13-14,23,30H,11-12,15-16H2. The molecule has 5 rings (SSSR count). The van der Waals surface area contributed by atoms with Crippen molar-refractivity contribution in [2.75, 3.05) is 4.90 Å². The maximum atomic E-state index is 12.7. The van der Waals surface area contributed by atoms with Gasteiger partial charge in [0.1, 0.15) is 5.65 Å². The molecule has 4 aromatic rings. The molecule has 0 unspecified atom stereocenters. The van der Waals surface area contributed by atoms with E-state index in [2.05, 4.69) is 35.2 Å². The molecule has 1 N–H and O–H groups in total. The van der Waals surface area contributed by atoms with Gasteiger partial charge in [0.2, 0.25) is 0 Å². The molecule has 0 atom stereocenters. The topological polar surface area (TPSA) is 57.8 Å². The van der Waals surface area contributed by atoms with Crippen LogP contribution >= 0.6 is 11.6 Å². The van der Waals surface area contributed by atoms with E-state index in [0.29, 0.717) is 22.9 Å². The smallest absolute Gasteiger partial charge is 0.258 e. The summed E-state index contributed by atoms with van der Waals surface area (Å²) in [4.78, 5) is 19.7. The third kappa shape index (κ3) is 3.94. The molecule has 2 aromatic heterocycles. The number of anilines is 1. The molecule has 5 nitrogen and oxygen atoms in total. The van der Waals surface area contributed by atoms with Crippen LogP contribution in [0.15, 0.2) is 77.7 Å². The van der Waals surface area contributed by atoms with E-state index >= 15 is 0 Å². The summed E-state index contributed by atoms with van der Waals surface area (Å²) in [5.74, 6) is 0. The van der Waals surface area contributed by atoms with E-state index < -0.39 is 0 Å². The fourth-order valence-electron chi connectivity index (χ4n) is 4.40. The van der Waals surface area contributed by atoms with Gasteiger partial charge in [0.25, 0.3) is 5.56 Å². The first-order chi connectivity index (χ1) is 15.1. The number of aromatic nitrogens is 2. The number of aliphatic hydroxyl groups excluding tert-OH is 1. The van der Waals surface area contributed by atoms with Gasteiger partial charge < -0.3 is 10.0 Å². The third-order valence-electron chi connectivity index (χ3n) is 5.90. The molecule has 0 fully saturated rings. The summed E-state index contributed by atoms with van der Waals surface area (Å²) < 4.78 is 1.47. The summed E-state index contributed by atoms with van der Waals surface area (Å²) >= 11 is 6.04. The average Bonchev–Trinajstić information content (AvgIpc) is 3.22. The molecule has 156 valence electrons. The Hall–Kier alpha value is -3.15. The third-order valence-corrected chi connectivity index (χ3v) is 6.13. The summed E-state index contributed by atoms with van der Waals surface area (Å²) in [6, 6.07) is 21.8. The minimum Gasteiger partial charge on any atom is -0.392 e. The number of pyridine rings is 1. The van der Waals surface area contributed by atoms with Crippen molar-refractivity contribution in [3.63, 3.8) is 0 Å². The van der Waals surface area contributed by atoms with Gasteiger partial charge in [-0.2, -0.15) is 0 Å². The Labute approximate surface area is 185 Å². The van der Waals surface area contributed by atoms with Gasteiger partial charge in [-0.1, -0.05) is 48.0 Å². The van der Waals surface area contributed by atoms with Gasteiger partial charge >= 0.3 is 0 Å². The maximum absolute atomic E-state index is 12.7. The van der Waals surface area contributed by atoms with E-state index in [0.717, 1.165) is 24.1 Å². The molecular weight excluding hydrogens is 410 g/mol. The first-order valence-corrected chi connectivity index (χ1v) is 10.7. The number of nitrogens with zero attached hydrogens (tertiary/aromatic N) is 3. The lowest BCUT2D eigenvalue weighted by Gasteiger charge is -2.31. The Bertz CT molecular complexity index is 1290. The van der Waals surface area contributed by atoms with Crippen LogP contribution in [0.1, 0.15) is 22.4 Å². The van der Waals surface area contributed by atoms with Gasteiger partial charge in [-0.05, 0) is 53.8 Å². The molecule has 6 heteroatoms. The summed E-state index contributed by atoms with van der Waals surface area (Å²) in [6.45, 7) is 0.491. The van der Waals surface area contributed by atoms with Gasteiger partial charge in [0.05, 0.1) is 23.9 Å². The Balaban J connectivity index is 1.54. The molecule has 2 aromatic carbocycles. The second kappa shape index (κ2) is 8.17. The molecule has 2 heterocycles. The Morgan fingerprint density at radius 2 is 1.81 bits per heavy atom. The molecule has 0 spiro atoms. The van der Waals surface area contributed by atoms with Crippen LogP contribution in [0.25, 0.3) is 5.65 Å². The Morgan fingerprint density at radius 3 is 2.55 bits per heavy atom. The van der Waals surface area contributed by atoms with Gasteiger partial charge in [-0.25, -0.2) is 4.98 Å². The van der Waals surface area contributed by atoms with Crippen LogP contribution < -0.4 is 10.5 Å². The van der Waals surface area contributed by atoms with Crippen molar-refractivity contribution in [1.29, 1.82) is 0 Å². The first-order valence-electron chi connectivity index (χ1n) is 10.3. The number of halogens is 1. The molecular formula is C25H22ClN3O2. The van der Waals surface area contributed by atoms with Crippen LogP contribution in [-0.2, 0) is 26.0 Å². The second-order valence-corrected chi connectivity index (χ2v) is 8.38. The van der Waals surface area contributed by atoms with Crippen LogP contribution in [0.3, 0.4) is 0 Å².